The first-order valence-electron chi connectivity index (χ1n) is 6.92. The molecule has 0 amide bonds. The second-order valence-corrected chi connectivity index (χ2v) is 5.66. The molecule has 0 bridgehead atoms. The van der Waals surface area contributed by atoms with Crippen LogP contribution in [-0.4, -0.2) is 41.3 Å². The van der Waals surface area contributed by atoms with E-state index in [1.165, 1.54) is 0 Å². The molecule has 1 heterocycles. The van der Waals surface area contributed by atoms with E-state index < -0.39 is 0 Å². The minimum atomic E-state index is 0.157. The van der Waals surface area contributed by atoms with Gasteiger partial charge in [-0.15, -0.1) is 0 Å². The zero-order chi connectivity index (χ0) is 14.0. The molecule has 3 N–H and O–H groups in total. The molecule has 0 aliphatic carbocycles. The van der Waals surface area contributed by atoms with E-state index in [1.54, 1.807) is 6.07 Å². The maximum Gasteiger partial charge on any atom is 0.138 e. The molecule has 106 valence electrons. The lowest BCUT2D eigenvalue weighted by atomic mass is 10.0. The predicted molar refractivity (Wildman–Crippen MR) is 77.3 cm³/mol. The molecule has 2 rings (SSSR count). The Labute approximate surface area is 115 Å². The molecule has 1 saturated heterocycles. The third kappa shape index (κ3) is 3.61. The van der Waals surface area contributed by atoms with Crippen LogP contribution in [-0.2, 0) is 11.2 Å². The van der Waals surface area contributed by atoms with Crippen LogP contribution in [0.3, 0.4) is 0 Å². The molecule has 0 spiro atoms. The van der Waals surface area contributed by atoms with Gasteiger partial charge in [0, 0.05) is 19.1 Å². The largest absolute Gasteiger partial charge is 0.506 e. The zero-order valence-corrected chi connectivity index (χ0v) is 12.0. The van der Waals surface area contributed by atoms with Gasteiger partial charge in [-0.1, -0.05) is 6.07 Å². The van der Waals surface area contributed by atoms with Crippen LogP contribution in [0.1, 0.15) is 26.3 Å². The molecule has 0 saturated carbocycles. The second kappa shape index (κ2) is 5.80. The lowest BCUT2D eigenvalue weighted by Gasteiger charge is -2.39. The van der Waals surface area contributed by atoms with Crippen molar-refractivity contribution >= 4 is 5.69 Å². The molecule has 0 radical (unpaired) electrons. The van der Waals surface area contributed by atoms with Crippen LogP contribution in [0.4, 0.5) is 5.69 Å². The predicted octanol–water partition coefficient (Wildman–Crippen LogP) is 2.01. The number of anilines is 1. The van der Waals surface area contributed by atoms with Gasteiger partial charge in [0.1, 0.15) is 5.75 Å². The summed E-state index contributed by atoms with van der Waals surface area (Å²) >= 11 is 0. The average Bonchev–Trinajstić information content (AvgIpc) is 2.32. The van der Waals surface area contributed by atoms with Crippen molar-refractivity contribution in [2.45, 2.75) is 45.4 Å². The number of nitrogens with two attached hydrogens (primary N) is 1. The van der Waals surface area contributed by atoms with Gasteiger partial charge >= 0.3 is 0 Å². The Morgan fingerprint density at radius 1 is 1.37 bits per heavy atom. The summed E-state index contributed by atoms with van der Waals surface area (Å²) < 4.78 is 5.76. The van der Waals surface area contributed by atoms with E-state index in [0.29, 0.717) is 11.7 Å². The summed E-state index contributed by atoms with van der Waals surface area (Å²) in [6, 6.07) is 5.91. The first-order valence-corrected chi connectivity index (χ1v) is 6.92. The van der Waals surface area contributed by atoms with Crippen molar-refractivity contribution in [1.82, 2.24) is 4.90 Å². The highest BCUT2D eigenvalue weighted by molar-refractivity contribution is 5.53. The van der Waals surface area contributed by atoms with Gasteiger partial charge in [-0.05, 0) is 44.9 Å². The van der Waals surface area contributed by atoms with Crippen molar-refractivity contribution in [2.24, 2.45) is 0 Å². The smallest absolute Gasteiger partial charge is 0.138 e. The molecule has 3 unspecified atom stereocenters. The molecule has 1 aliphatic heterocycles. The second-order valence-electron chi connectivity index (χ2n) is 5.66. The number of aromatic hydroxyl groups is 1. The van der Waals surface area contributed by atoms with Crippen molar-refractivity contribution in [3.05, 3.63) is 23.8 Å². The SMILES string of the molecule is CC1CN(C(C)Cc2ccc(O)c(N)c2)CC(C)O1. The first-order chi connectivity index (χ1) is 8.95. The summed E-state index contributed by atoms with van der Waals surface area (Å²) in [5.41, 5.74) is 7.35. The molecule has 1 fully saturated rings. The van der Waals surface area contributed by atoms with E-state index in [1.807, 2.05) is 12.1 Å². The highest BCUT2D eigenvalue weighted by Crippen LogP contribution is 2.22. The zero-order valence-electron chi connectivity index (χ0n) is 12.0. The average molecular weight is 264 g/mol. The van der Waals surface area contributed by atoms with Crippen LogP contribution < -0.4 is 5.73 Å². The van der Waals surface area contributed by atoms with Crippen LogP contribution in [0.25, 0.3) is 0 Å². The van der Waals surface area contributed by atoms with E-state index in [0.717, 1.165) is 25.1 Å². The number of nitrogen functional groups attached to an aromatic ring is 1. The molecule has 0 aromatic heterocycles. The number of benzene rings is 1. The van der Waals surface area contributed by atoms with Crippen molar-refractivity contribution in [3.8, 4) is 5.75 Å². The Hall–Kier alpha value is -1.26. The van der Waals surface area contributed by atoms with Crippen LogP contribution in [0.2, 0.25) is 0 Å². The highest BCUT2D eigenvalue weighted by atomic mass is 16.5. The van der Waals surface area contributed by atoms with E-state index in [4.69, 9.17) is 10.5 Å². The van der Waals surface area contributed by atoms with Gasteiger partial charge in [0.2, 0.25) is 0 Å². The number of phenolic OH excluding ortho intramolecular Hbond substituents is 1. The summed E-state index contributed by atoms with van der Waals surface area (Å²) in [4.78, 5) is 2.46. The van der Waals surface area contributed by atoms with Gasteiger partial charge in [-0.2, -0.15) is 0 Å². The van der Waals surface area contributed by atoms with E-state index >= 15 is 0 Å². The van der Waals surface area contributed by atoms with Crippen LogP contribution in [0.5, 0.6) is 5.75 Å². The van der Waals surface area contributed by atoms with Crippen molar-refractivity contribution in [3.63, 3.8) is 0 Å². The highest BCUT2D eigenvalue weighted by Gasteiger charge is 2.25. The van der Waals surface area contributed by atoms with E-state index in [2.05, 4.69) is 25.7 Å². The molecule has 4 heteroatoms. The van der Waals surface area contributed by atoms with Crippen molar-refractivity contribution < 1.29 is 9.84 Å². The van der Waals surface area contributed by atoms with Gasteiger partial charge in [-0.3, -0.25) is 4.90 Å². The van der Waals surface area contributed by atoms with Crippen LogP contribution in [0, 0.1) is 0 Å². The maximum atomic E-state index is 9.44. The summed E-state index contributed by atoms with van der Waals surface area (Å²) in [7, 11) is 0. The molecular weight excluding hydrogens is 240 g/mol. The fourth-order valence-corrected chi connectivity index (χ4v) is 2.78. The normalized spacial score (nSPS) is 26.3. The standard InChI is InChI=1S/C15H24N2O2/c1-10(17-8-11(2)19-12(3)9-17)6-13-4-5-15(18)14(16)7-13/h4-5,7,10-12,18H,6,8-9,16H2,1-3H3. The summed E-state index contributed by atoms with van der Waals surface area (Å²) in [6.07, 6.45) is 1.51. The third-order valence-corrected chi connectivity index (χ3v) is 3.69. The molecule has 1 aromatic rings. The Kier molecular flexibility index (Phi) is 4.32. The lowest BCUT2D eigenvalue weighted by molar-refractivity contribution is -0.0782. The van der Waals surface area contributed by atoms with Gasteiger partial charge in [0.25, 0.3) is 0 Å². The summed E-state index contributed by atoms with van der Waals surface area (Å²) in [6.45, 7) is 8.41. The molecule has 19 heavy (non-hydrogen) atoms. The summed E-state index contributed by atoms with van der Waals surface area (Å²) in [5, 5.41) is 9.44. The monoisotopic (exact) mass is 264 g/mol. The number of rotatable bonds is 3. The number of hydrogen-bond acceptors (Lipinski definition) is 4. The van der Waals surface area contributed by atoms with E-state index in [-0.39, 0.29) is 18.0 Å². The van der Waals surface area contributed by atoms with Gasteiger partial charge in [0.05, 0.1) is 17.9 Å². The van der Waals surface area contributed by atoms with Crippen molar-refractivity contribution in [2.75, 3.05) is 18.8 Å². The minimum Gasteiger partial charge on any atom is -0.506 e. The number of morpholine rings is 1. The van der Waals surface area contributed by atoms with Gasteiger partial charge < -0.3 is 15.6 Å². The molecular formula is C15H24N2O2. The van der Waals surface area contributed by atoms with Crippen LogP contribution >= 0.6 is 0 Å². The first kappa shape index (κ1) is 14.2. The summed E-state index contributed by atoms with van der Waals surface area (Å²) in [5.74, 6) is 0.157. The minimum absolute atomic E-state index is 0.157. The van der Waals surface area contributed by atoms with E-state index in [9.17, 15) is 5.11 Å². The molecule has 3 atom stereocenters. The molecule has 1 aliphatic rings. The molecule has 4 nitrogen and oxygen atoms in total. The third-order valence-electron chi connectivity index (χ3n) is 3.69. The fourth-order valence-electron chi connectivity index (χ4n) is 2.78. The fraction of sp³-hybridized carbons (Fsp3) is 0.600. The topological polar surface area (TPSA) is 58.7 Å². The quantitative estimate of drug-likeness (QED) is 0.648. The number of phenols is 1. The molecule has 1 aromatic carbocycles. The van der Waals surface area contributed by atoms with Crippen LogP contribution in [0.15, 0.2) is 18.2 Å². The number of nitrogens with zero attached hydrogens (tertiary/aromatic N) is 1. The van der Waals surface area contributed by atoms with Gasteiger partial charge in [0.15, 0.2) is 0 Å². The van der Waals surface area contributed by atoms with Gasteiger partial charge in [-0.25, -0.2) is 0 Å². The maximum absolute atomic E-state index is 9.44. The Bertz CT molecular complexity index is 426. The lowest BCUT2D eigenvalue weighted by Crippen LogP contribution is -2.49. The number of hydrogen-bond donors (Lipinski definition) is 2. The Morgan fingerprint density at radius 3 is 2.58 bits per heavy atom. The Balaban J connectivity index is 1.99. The Morgan fingerprint density at radius 2 is 2.00 bits per heavy atom. The number of ether oxygens (including phenoxy) is 1. The van der Waals surface area contributed by atoms with Crippen molar-refractivity contribution in [1.29, 1.82) is 0 Å².